The van der Waals surface area contributed by atoms with Gasteiger partial charge in [0.2, 0.25) is 15.9 Å². The van der Waals surface area contributed by atoms with E-state index in [0.29, 0.717) is 30.4 Å². The number of amides is 1. The average molecular weight is 447 g/mol. The molecular weight excluding hydrogens is 428 g/mol. The zero-order valence-electron chi connectivity index (χ0n) is 16.5. The van der Waals surface area contributed by atoms with E-state index >= 15 is 0 Å². The molecule has 0 radical (unpaired) electrons. The fraction of sp³-hybridized carbons (Fsp3) is 0.333. The molecule has 31 heavy (non-hydrogen) atoms. The predicted octanol–water partition coefficient (Wildman–Crippen LogP) is 3.06. The quantitative estimate of drug-likeness (QED) is 0.664. The van der Waals surface area contributed by atoms with E-state index in [-0.39, 0.29) is 40.7 Å². The summed E-state index contributed by atoms with van der Waals surface area (Å²) in [5.74, 6) is -1.81. The lowest BCUT2D eigenvalue weighted by atomic mass is 10.00. The van der Waals surface area contributed by atoms with Gasteiger partial charge < -0.3 is 4.52 Å². The van der Waals surface area contributed by atoms with Gasteiger partial charge in [0.1, 0.15) is 11.6 Å². The second-order valence-corrected chi connectivity index (χ2v) is 9.94. The van der Waals surface area contributed by atoms with E-state index in [0.717, 1.165) is 6.26 Å². The summed E-state index contributed by atoms with van der Waals surface area (Å²) >= 11 is 0. The van der Waals surface area contributed by atoms with Gasteiger partial charge in [-0.25, -0.2) is 21.9 Å². The molecule has 3 atom stereocenters. The predicted molar refractivity (Wildman–Crippen MR) is 110 cm³/mol. The first kappa shape index (κ1) is 20.1. The van der Waals surface area contributed by atoms with Crippen molar-refractivity contribution in [2.45, 2.75) is 18.9 Å². The fourth-order valence-corrected chi connectivity index (χ4v) is 5.67. The van der Waals surface area contributed by atoms with Crippen LogP contribution in [0.4, 0.5) is 14.6 Å². The summed E-state index contributed by atoms with van der Waals surface area (Å²) in [6.07, 6.45) is 2.03. The molecule has 1 amide bonds. The molecular formula is C21H19F2N3O4S. The van der Waals surface area contributed by atoms with Crippen LogP contribution in [-0.4, -0.2) is 38.3 Å². The molecule has 0 bridgehead atoms. The average Bonchev–Trinajstić information content (AvgIpc) is 3.35. The lowest BCUT2D eigenvalue weighted by Gasteiger charge is -2.18. The molecule has 1 aliphatic heterocycles. The molecule has 1 N–H and O–H groups in total. The first-order valence-corrected chi connectivity index (χ1v) is 11.7. The third kappa shape index (κ3) is 3.39. The smallest absolute Gasteiger partial charge is 0.231 e. The van der Waals surface area contributed by atoms with Gasteiger partial charge in [-0.2, -0.15) is 0 Å². The summed E-state index contributed by atoms with van der Waals surface area (Å²) in [5, 5.41) is 4.42. The second-order valence-electron chi connectivity index (χ2n) is 8.16. The number of nitrogens with one attached hydrogen (secondary N) is 1. The molecule has 1 aliphatic carbocycles. The molecule has 162 valence electrons. The molecule has 3 aromatic rings. The number of halogens is 2. The van der Waals surface area contributed by atoms with Crippen molar-refractivity contribution >= 4 is 32.7 Å². The monoisotopic (exact) mass is 447 g/mol. The maximum Gasteiger partial charge on any atom is 0.231 e. The summed E-state index contributed by atoms with van der Waals surface area (Å²) in [5.41, 5.74) is 0.365. The summed E-state index contributed by atoms with van der Waals surface area (Å²) in [6.45, 7) is 0.334. The van der Waals surface area contributed by atoms with Crippen LogP contribution in [0.5, 0.6) is 0 Å². The molecule has 1 aromatic heterocycles. The summed E-state index contributed by atoms with van der Waals surface area (Å²) in [7, 11) is -3.36. The Morgan fingerprint density at radius 3 is 2.52 bits per heavy atom. The third-order valence-corrected chi connectivity index (χ3v) is 6.81. The van der Waals surface area contributed by atoms with Crippen molar-refractivity contribution in [2.75, 3.05) is 17.7 Å². The first-order valence-electron chi connectivity index (χ1n) is 9.84. The SMILES string of the molecule is CS(=O)(=O)NC1CC2CN(c3noc4cccc(-c5c(F)cccc5F)c34)C(=O)C2C1. The van der Waals surface area contributed by atoms with E-state index in [2.05, 4.69) is 9.88 Å². The number of benzene rings is 2. The van der Waals surface area contributed by atoms with E-state index in [9.17, 15) is 22.0 Å². The molecule has 1 saturated heterocycles. The Kier molecular flexibility index (Phi) is 4.60. The van der Waals surface area contributed by atoms with Crippen LogP contribution >= 0.6 is 0 Å². The summed E-state index contributed by atoms with van der Waals surface area (Å²) in [4.78, 5) is 14.6. The highest BCUT2D eigenvalue weighted by Gasteiger charge is 2.48. The van der Waals surface area contributed by atoms with E-state index in [4.69, 9.17) is 4.52 Å². The number of hydrogen-bond donors (Lipinski definition) is 1. The largest absolute Gasteiger partial charge is 0.354 e. The van der Waals surface area contributed by atoms with E-state index in [1.54, 1.807) is 18.2 Å². The Morgan fingerprint density at radius 1 is 1.13 bits per heavy atom. The van der Waals surface area contributed by atoms with Gasteiger partial charge in [0.15, 0.2) is 11.4 Å². The number of rotatable bonds is 4. The Balaban J connectivity index is 1.53. The topological polar surface area (TPSA) is 92.5 Å². The minimum absolute atomic E-state index is 0.0455. The molecule has 1 saturated carbocycles. The van der Waals surface area contributed by atoms with E-state index < -0.39 is 21.7 Å². The normalized spacial score (nSPS) is 23.6. The van der Waals surface area contributed by atoms with Crippen molar-refractivity contribution in [2.24, 2.45) is 11.8 Å². The van der Waals surface area contributed by atoms with Crippen molar-refractivity contribution in [3.63, 3.8) is 0 Å². The van der Waals surface area contributed by atoms with Crippen LogP contribution in [0.3, 0.4) is 0 Å². The number of nitrogens with zero attached hydrogens (tertiary/aromatic N) is 2. The van der Waals surface area contributed by atoms with Crippen molar-refractivity contribution in [1.29, 1.82) is 0 Å². The highest BCUT2D eigenvalue weighted by atomic mass is 32.2. The van der Waals surface area contributed by atoms with Crippen LogP contribution in [0, 0.1) is 23.5 Å². The van der Waals surface area contributed by atoms with Crippen molar-refractivity contribution in [3.8, 4) is 11.1 Å². The van der Waals surface area contributed by atoms with Crippen molar-refractivity contribution in [1.82, 2.24) is 9.88 Å². The number of carbonyl (C=O) groups excluding carboxylic acids is 1. The van der Waals surface area contributed by atoms with Gasteiger partial charge in [-0.15, -0.1) is 0 Å². The van der Waals surface area contributed by atoms with Gasteiger partial charge in [0, 0.05) is 24.1 Å². The number of hydrogen-bond acceptors (Lipinski definition) is 5. The second kappa shape index (κ2) is 7.10. The number of anilines is 1. The molecule has 5 rings (SSSR count). The molecule has 3 unspecified atom stereocenters. The Morgan fingerprint density at radius 2 is 1.84 bits per heavy atom. The molecule has 7 nitrogen and oxygen atoms in total. The Labute approximate surface area is 177 Å². The Hall–Kier alpha value is -2.85. The van der Waals surface area contributed by atoms with Crippen LogP contribution < -0.4 is 9.62 Å². The van der Waals surface area contributed by atoms with Crippen LogP contribution in [0.15, 0.2) is 40.9 Å². The number of fused-ring (bicyclic) bond motifs is 2. The molecule has 0 spiro atoms. The zero-order chi connectivity index (χ0) is 21.9. The minimum Gasteiger partial charge on any atom is -0.354 e. The molecule has 10 heteroatoms. The first-order chi connectivity index (χ1) is 14.7. The molecule has 2 aliphatic rings. The lowest BCUT2D eigenvalue weighted by Crippen LogP contribution is -2.35. The summed E-state index contributed by atoms with van der Waals surface area (Å²) in [6, 6.07) is 8.15. The van der Waals surface area contributed by atoms with Gasteiger partial charge in [0.25, 0.3) is 0 Å². The maximum absolute atomic E-state index is 14.5. The van der Waals surface area contributed by atoms with Gasteiger partial charge >= 0.3 is 0 Å². The van der Waals surface area contributed by atoms with Gasteiger partial charge in [-0.1, -0.05) is 23.4 Å². The van der Waals surface area contributed by atoms with Crippen molar-refractivity contribution < 1.29 is 26.5 Å². The van der Waals surface area contributed by atoms with Crippen LogP contribution in [0.1, 0.15) is 12.8 Å². The molecule has 2 heterocycles. The molecule has 2 aromatic carbocycles. The fourth-order valence-electron chi connectivity index (χ4n) is 4.87. The maximum atomic E-state index is 14.5. The molecule has 2 fully saturated rings. The van der Waals surface area contributed by atoms with Crippen LogP contribution in [0.2, 0.25) is 0 Å². The zero-order valence-corrected chi connectivity index (χ0v) is 17.3. The third-order valence-electron chi connectivity index (χ3n) is 6.04. The highest BCUT2D eigenvalue weighted by Crippen LogP contribution is 2.44. The van der Waals surface area contributed by atoms with E-state index in [1.165, 1.54) is 23.1 Å². The number of sulfonamides is 1. The number of carbonyl (C=O) groups is 1. The van der Waals surface area contributed by atoms with Gasteiger partial charge in [-0.05, 0) is 37.0 Å². The number of aromatic nitrogens is 1. The lowest BCUT2D eigenvalue weighted by molar-refractivity contribution is -0.120. The Bertz CT molecular complexity index is 1290. The van der Waals surface area contributed by atoms with Gasteiger partial charge in [0.05, 0.1) is 17.2 Å². The van der Waals surface area contributed by atoms with E-state index in [1.807, 2.05) is 0 Å². The highest BCUT2D eigenvalue weighted by molar-refractivity contribution is 7.88. The van der Waals surface area contributed by atoms with Crippen molar-refractivity contribution in [3.05, 3.63) is 48.0 Å². The minimum atomic E-state index is -3.36. The summed E-state index contributed by atoms with van der Waals surface area (Å²) < 4.78 is 60.0. The van der Waals surface area contributed by atoms with Gasteiger partial charge in [-0.3, -0.25) is 9.69 Å². The standard InChI is InChI=1S/C21H19F2N3O4S/c1-31(28,29)25-12-8-11-10-26(21(27)14(11)9-12)20-19-13(4-2-7-17(19)30-24-20)18-15(22)5-3-6-16(18)23/h2-7,11-12,14,25H,8-10H2,1H3. The van der Waals surface area contributed by atoms with Crippen LogP contribution in [0.25, 0.3) is 22.1 Å². The van der Waals surface area contributed by atoms with Crippen LogP contribution in [-0.2, 0) is 14.8 Å².